The van der Waals surface area contributed by atoms with E-state index in [-0.39, 0.29) is 18.0 Å². The number of carbonyl (C=O) groups is 1. The minimum absolute atomic E-state index is 0.0753. The predicted octanol–water partition coefficient (Wildman–Crippen LogP) is 2.01. The fourth-order valence-corrected chi connectivity index (χ4v) is 2.46. The van der Waals surface area contributed by atoms with E-state index in [9.17, 15) is 9.59 Å². The molecule has 23 heavy (non-hydrogen) atoms. The van der Waals surface area contributed by atoms with Gasteiger partial charge in [-0.2, -0.15) is 0 Å². The van der Waals surface area contributed by atoms with Crippen LogP contribution in [0.1, 0.15) is 35.2 Å². The molecule has 1 aliphatic heterocycles. The summed E-state index contributed by atoms with van der Waals surface area (Å²) in [6.07, 6.45) is 1.71. The Labute approximate surface area is 132 Å². The van der Waals surface area contributed by atoms with Gasteiger partial charge in [0.25, 0.3) is 11.5 Å². The third-order valence-electron chi connectivity index (χ3n) is 3.46. The van der Waals surface area contributed by atoms with Crippen molar-refractivity contribution >= 4 is 11.6 Å². The van der Waals surface area contributed by atoms with Gasteiger partial charge in [-0.15, -0.1) is 0 Å². The van der Waals surface area contributed by atoms with E-state index in [2.05, 4.69) is 22.2 Å². The maximum Gasteiger partial charge on any atom is 0.274 e. The van der Waals surface area contributed by atoms with Crippen molar-refractivity contribution in [3.8, 4) is 11.5 Å². The minimum atomic E-state index is -0.435. The molecule has 0 bridgehead atoms. The second kappa shape index (κ2) is 6.12. The number of nitrogens with one attached hydrogen (secondary N) is 2. The van der Waals surface area contributed by atoms with Gasteiger partial charge in [0.15, 0.2) is 11.5 Å². The van der Waals surface area contributed by atoms with Crippen molar-refractivity contribution in [3.63, 3.8) is 0 Å². The maximum atomic E-state index is 12.4. The number of ether oxygens (including phenoxy) is 2. The Morgan fingerprint density at radius 1 is 1.30 bits per heavy atom. The number of nitrogens with zero attached hydrogens (tertiary/aromatic N) is 1. The van der Waals surface area contributed by atoms with Gasteiger partial charge in [-0.05, 0) is 25.0 Å². The zero-order valence-corrected chi connectivity index (χ0v) is 12.9. The number of hydrogen-bond acceptors (Lipinski definition) is 5. The molecule has 2 heterocycles. The van der Waals surface area contributed by atoms with Gasteiger partial charge in [0.2, 0.25) is 6.79 Å². The van der Waals surface area contributed by atoms with Gasteiger partial charge in [0, 0.05) is 17.8 Å². The van der Waals surface area contributed by atoms with Crippen LogP contribution < -0.4 is 20.3 Å². The summed E-state index contributed by atoms with van der Waals surface area (Å²) >= 11 is 0. The summed E-state index contributed by atoms with van der Waals surface area (Å²) in [5, 5.41) is 2.81. The lowest BCUT2D eigenvalue weighted by atomic mass is 10.1. The van der Waals surface area contributed by atoms with Crippen molar-refractivity contribution in [3.05, 3.63) is 45.6 Å². The zero-order chi connectivity index (χ0) is 16.4. The van der Waals surface area contributed by atoms with E-state index >= 15 is 0 Å². The first kappa shape index (κ1) is 15.1. The molecular weight excluding hydrogens is 298 g/mol. The highest BCUT2D eigenvalue weighted by atomic mass is 16.7. The molecule has 0 radical (unpaired) electrons. The molecule has 1 aliphatic rings. The molecule has 2 aromatic rings. The Morgan fingerprint density at radius 2 is 2.04 bits per heavy atom. The Kier molecular flexibility index (Phi) is 4.01. The number of rotatable bonds is 4. The largest absolute Gasteiger partial charge is 0.454 e. The summed E-state index contributed by atoms with van der Waals surface area (Å²) in [5.41, 5.74) is 1.31. The van der Waals surface area contributed by atoms with Crippen LogP contribution in [0.15, 0.2) is 23.0 Å². The first-order valence-corrected chi connectivity index (χ1v) is 7.38. The number of H-pyrrole nitrogens is 1. The molecule has 3 rings (SSSR count). The molecule has 0 saturated carbocycles. The molecule has 1 aromatic heterocycles. The number of benzene rings is 1. The summed E-state index contributed by atoms with van der Waals surface area (Å²) in [7, 11) is 0. The van der Waals surface area contributed by atoms with Crippen LogP contribution in [-0.4, -0.2) is 22.7 Å². The third-order valence-corrected chi connectivity index (χ3v) is 3.46. The highest BCUT2D eigenvalue weighted by molar-refractivity contribution is 6.03. The molecule has 0 spiro atoms. The lowest BCUT2D eigenvalue weighted by Crippen LogP contribution is -2.20. The van der Waals surface area contributed by atoms with E-state index in [0.717, 1.165) is 18.4 Å². The molecule has 120 valence electrons. The number of aromatic amines is 1. The highest BCUT2D eigenvalue weighted by Crippen LogP contribution is 2.37. The van der Waals surface area contributed by atoms with E-state index < -0.39 is 5.91 Å². The van der Waals surface area contributed by atoms with Gasteiger partial charge < -0.3 is 19.8 Å². The molecule has 1 aromatic carbocycles. The van der Waals surface area contributed by atoms with Crippen LogP contribution in [0.25, 0.3) is 0 Å². The van der Waals surface area contributed by atoms with Gasteiger partial charge in [-0.1, -0.05) is 13.3 Å². The lowest BCUT2D eigenvalue weighted by Gasteiger charge is -2.12. The standard InChI is InChI=1S/C16H17N3O4/c1-3-4-10-5-13-14(23-8-22-13)6-11(10)19-16(21)12-7-15(20)18-9(2)17-12/h5-7H,3-4,8H2,1-2H3,(H,19,21)(H,17,18,20). The number of amides is 1. The summed E-state index contributed by atoms with van der Waals surface area (Å²) in [4.78, 5) is 30.4. The monoisotopic (exact) mass is 315 g/mol. The number of hydrogen-bond donors (Lipinski definition) is 2. The Balaban J connectivity index is 1.92. The summed E-state index contributed by atoms with van der Waals surface area (Å²) in [6, 6.07) is 4.79. The van der Waals surface area contributed by atoms with E-state index in [1.165, 1.54) is 6.07 Å². The zero-order valence-electron chi connectivity index (χ0n) is 12.9. The minimum Gasteiger partial charge on any atom is -0.454 e. The molecule has 0 fully saturated rings. The molecule has 1 amide bonds. The second-order valence-electron chi connectivity index (χ2n) is 5.28. The van der Waals surface area contributed by atoms with Crippen LogP contribution in [0.5, 0.6) is 11.5 Å². The van der Waals surface area contributed by atoms with Gasteiger partial charge in [-0.3, -0.25) is 9.59 Å². The van der Waals surface area contributed by atoms with Crippen molar-refractivity contribution in [2.75, 3.05) is 12.1 Å². The molecule has 0 aliphatic carbocycles. The van der Waals surface area contributed by atoms with Gasteiger partial charge in [-0.25, -0.2) is 4.98 Å². The van der Waals surface area contributed by atoms with Crippen molar-refractivity contribution in [1.82, 2.24) is 9.97 Å². The molecule has 0 atom stereocenters. The number of carbonyl (C=O) groups excluding carboxylic acids is 1. The van der Waals surface area contributed by atoms with Gasteiger partial charge in [0.1, 0.15) is 11.5 Å². The van der Waals surface area contributed by atoms with Crippen molar-refractivity contribution in [2.24, 2.45) is 0 Å². The summed E-state index contributed by atoms with van der Waals surface area (Å²) in [5.74, 6) is 1.23. The smallest absolute Gasteiger partial charge is 0.274 e. The summed E-state index contributed by atoms with van der Waals surface area (Å²) < 4.78 is 10.7. The van der Waals surface area contributed by atoms with Crippen molar-refractivity contribution in [1.29, 1.82) is 0 Å². The number of anilines is 1. The van der Waals surface area contributed by atoms with Crippen LogP contribution in [0.3, 0.4) is 0 Å². The molecule has 7 heteroatoms. The van der Waals surface area contributed by atoms with E-state index in [0.29, 0.717) is 23.0 Å². The predicted molar refractivity (Wildman–Crippen MR) is 84.1 cm³/mol. The normalized spacial score (nSPS) is 12.3. The molecule has 0 unspecified atom stereocenters. The van der Waals surface area contributed by atoms with Gasteiger partial charge >= 0.3 is 0 Å². The Hall–Kier alpha value is -2.83. The number of aromatic nitrogens is 2. The molecule has 0 saturated heterocycles. The van der Waals surface area contributed by atoms with Crippen LogP contribution in [0.4, 0.5) is 5.69 Å². The van der Waals surface area contributed by atoms with E-state index in [1.54, 1.807) is 13.0 Å². The average Bonchev–Trinajstić information content (AvgIpc) is 2.94. The first-order chi connectivity index (χ1) is 11.1. The highest BCUT2D eigenvalue weighted by Gasteiger charge is 2.19. The van der Waals surface area contributed by atoms with Crippen LogP contribution in [0, 0.1) is 6.92 Å². The maximum absolute atomic E-state index is 12.4. The molecular formula is C16H17N3O4. The van der Waals surface area contributed by atoms with E-state index in [1.807, 2.05) is 6.07 Å². The fourth-order valence-electron chi connectivity index (χ4n) is 2.46. The number of aryl methyl sites for hydroxylation is 2. The van der Waals surface area contributed by atoms with E-state index in [4.69, 9.17) is 9.47 Å². The van der Waals surface area contributed by atoms with Crippen molar-refractivity contribution in [2.45, 2.75) is 26.7 Å². The first-order valence-electron chi connectivity index (χ1n) is 7.38. The Bertz CT molecular complexity index is 813. The van der Waals surface area contributed by atoms with Crippen LogP contribution in [0.2, 0.25) is 0 Å². The van der Waals surface area contributed by atoms with Crippen molar-refractivity contribution < 1.29 is 14.3 Å². The lowest BCUT2D eigenvalue weighted by molar-refractivity contribution is 0.102. The van der Waals surface area contributed by atoms with Crippen LogP contribution >= 0.6 is 0 Å². The van der Waals surface area contributed by atoms with Crippen LogP contribution in [-0.2, 0) is 6.42 Å². The quantitative estimate of drug-likeness (QED) is 0.900. The molecule has 7 nitrogen and oxygen atoms in total. The number of fused-ring (bicyclic) bond motifs is 1. The average molecular weight is 315 g/mol. The van der Waals surface area contributed by atoms with Gasteiger partial charge in [0.05, 0.1) is 0 Å². The third kappa shape index (κ3) is 3.18. The molecule has 2 N–H and O–H groups in total. The Morgan fingerprint density at radius 3 is 2.74 bits per heavy atom. The SMILES string of the molecule is CCCc1cc2c(cc1NC(=O)c1cc(=O)[nH]c(C)n1)OCO2. The second-order valence-corrected chi connectivity index (χ2v) is 5.28. The topological polar surface area (TPSA) is 93.3 Å². The fraction of sp³-hybridized carbons (Fsp3) is 0.312. The summed E-state index contributed by atoms with van der Waals surface area (Å²) in [6.45, 7) is 3.85.